The van der Waals surface area contributed by atoms with Gasteiger partial charge in [0.25, 0.3) is 0 Å². The molecule has 1 aliphatic carbocycles. The fraction of sp³-hybridized carbons (Fsp3) is 0.647. The maximum absolute atomic E-state index is 13.3. The molecule has 0 bridgehead atoms. The third-order valence-corrected chi connectivity index (χ3v) is 5.98. The lowest BCUT2D eigenvalue weighted by Crippen LogP contribution is -2.37. The molecule has 1 aromatic carbocycles. The molecule has 0 amide bonds. The van der Waals surface area contributed by atoms with E-state index in [0.717, 1.165) is 17.9 Å². The molecule has 3 unspecified atom stereocenters. The summed E-state index contributed by atoms with van der Waals surface area (Å²) in [5, 5.41) is 0.228. The molecule has 20 heavy (non-hydrogen) atoms. The number of alkyl halides is 1. The molecule has 112 valence electrons. The second kappa shape index (κ2) is 6.36. The van der Waals surface area contributed by atoms with Crippen molar-refractivity contribution in [1.29, 1.82) is 0 Å². The van der Waals surface area contributed by atoms with Crippen LogP contribution in [0.25, 0.3) is 0 Å². The first-order valence-electron chi connectivity index (χ1n) is 7.37. The summed E-state index contributed by atoms with van der Waals surface area (Å²) in [6.07, 6.45) is 4.76. The Balaban J connectivity index is 2.11. The van der Waals surface area contributed by atoms with Crippen molar-refractivity contribution in [3.63, 3.8) is 0 Å². The lowest BCUT2D eigenvalue weighted by molar-refractivity contribution is 0.147. The summed E-state index contributed by atoms with van der Waals surface area (Å²) in [6, 6.07) is 5.10. The van der Waals surface area contributed by atoms with Gasteiger partial charge in [0.05, 0.1) is 5.02 Å². The molecule has 0 aromatic heterocycles. The standard InChI is InChI=1S/C17H23BrClF/c1-11-4-6-13(14(18)8-11)17(2,3)10-12-5-7-16(20)15(19)9-12/h5,7,9,11,13-14H,4,6,8,10H2,1-3H3. The normalized spacial score (nSPS) is 27.6. The smallest absolute Gasteiger partial charge is 0.141 e. The number of hydrogen-bond acceptors (Lipinski definition) is 0. The summed E-state index contributed by atoms with van der Waals surface area (Å²) in [7, 11) is 0. The molecule has 0 N–H and O–H groups in total. The van der Waals surface area contributed by atoms with Crippen LogP contribution in [0.2, 0.25) is 5.02 Å². The number of benzene rings is 1. The largest absolute Gasteiger partial charge is 0.205 e. The Morgan fingerprint density at radius 3 is 2.65 bits per heavy atom. The van der Waals surface area contributed by atoms with Crippen molar-refractivity contribution in [2.24, 2.45) is 17.3 Å². The van der Waals surface area contributed by atoms with Gasteiger partial charge in [-0.25, -0.2) is 4.39 Å². The zero-order valence-corrected chi connectivity index (χ0v) is 14.8. The highest BCUT2D eigenvalue weighted by Crippen LogP contribution is 2.45. The van der Waals surface area contributed by atoms with E-state index in [2.05, 4.69) is 36.7 Å². The van der Waals surface area contributed by atoms with Gasteiger partial charge in [-0.3, -0.25) is 0 Å². The van der Waals surface area contributed by atoms with E-state index in [-0.39, 0.29) is 16.3 Å². The highest BCUT2D eigenvalue weighted by Gasteiger charge is 2.37. The molecule has 1 saturated carbocycles. The van der Waals surface area contributed by atoms with Crippen molar-refractivity contribution >= 4 is 27.5 Å². The zero-order valence-electron chi connectivity index (χ0n) is 12.4. The topological polar surface area (TPSA) is 0 Å². The number of halogens is 3. The van der Waals surface area contributed by atoms with E-state index in [1.165, 1.54) is 25.3 Å². The van der Waals surface area contributed by atoms with Gasteiger partial charge in [0.2, 0.25) is 0 Å². The SMILES string of the molecule is CC1CCC(C(C)(C)Cc2ccc(F)c(Cl)c2)C(Br)C1. The third-order valence-electron chi connectivity index (χ3n) is 4.68. The molecule has 0 nitrogen and oxygen atoms in total. The minimum atomic E-state index is -0.335. The summed E-state index contributed by atoms with van der Waals surface area (Å²) in [6.45, 7) is 6.97. The first-order chi connectivity index (χ1) is 9.29. The highest BCUT2D eigenvalue weighted by atomic mass is 79.9. The monoisotopic (exact) mass is 360 g/mol. The molecule has 1 aromatic rings. The van der Waals surface area contributed by atoms with Crippen LogP contribution in [0.3, 0.4) is 0 Å². The fourth-order valence-electron chi connectivity index (χ4n) is 3.50. The van der Waals surface area contributed by atoms with Crippen LogP contribution >= 0.6 is 27.5 Å². The molecule has 3 heteroatoms. The fourth-order valence-corrected chi connectivity index (χ4v) is 5.32. The Bertz CT molecular complexity index is 472. The molecular weight excluding hydrogens is 339 g/mol. The Hall–Kier alpha value is -0.0800. The van der Waals surface area contributed by atoms with E-state index >= 15 is 0 Å². The van der Waals surface area contributed by atoms with E-state index in [1.54, 1.807) is 6.07 Å². The molecule has 1 fully saturated rings. The Labute approximate surface area is 135 Å². The Morgan fingerprint density at radius 2 is 2.05 bits per heavy atom. The maximum Gasteiger partial charge on any atom is 0.141 e. The van der Waals surface area contributed by atoms with Crippen molar-refractivity contribution < 1.29 is 4.39 Å². The first-order valence-corrected chi connectivity index (χ1v) is 8.67. The highest BCUT2D eigenvalue weighted by molar-refractivity contribution is 9.09. The molecule has 3 atom stereocenters. The number of rotatable bonds is 3. The average Bonchev–Trinajstić information content (AvgIpc) is 2.33. The van der Waals surface area contributed by atoms with Crippen molar-refractivity contribution in [2.75, 3.05) is 0 Å². The number of hydrogen-bond donors (Lipinski definition) is 0. The van der Waals surface area contributed by atoms with Gasteiger partial charge in [-0.05, 0) is 54.2 Å². The molecule has 0 spiro atoms. The lowest BCUT2D eigenvalue weighted by atomic mass is 9.66. The summed E-state index contributed by atoms with van der Waals surface area (Å²) >= 11 is 9.78. The van der Waals surface area contributed by atoms with Crippen LogP contribution in [0.1, 0.15) is 45.6 Å². The van der Waals surface area contributed by atoms with E-state index in [9.17, 15) is 4.39 Å². The quantitative estimate of drug-likeness (QED) is 0.558. The van der Waals surface area contributed by atoms with Crippen LogP contribution in [-0.4, -0.2) is 4.83 Å². The minimum Gasteiger partial charge on any atom is -0.205 e. The molecule has 0 heterocycles. The second-order valence-corrected chi connectivity index (χ2v) is 8.54. The third kappa shape index (κ3) is 3.76. The van der Waals surface area contributed by atoms with Gasteiger partial charge in [-0.2, -0.15) is 0 Å². The van der Waals surface area contributed by atoms with Crippen LogP contribution < -0.4 is 0 Å². The van der Waals surface area contributed by atoms with E-state index in [0.29, 0.717) is 10.7 Å². The average molecular weight is 362 g/mol. The molecule has 0 saturated heterocycles. The van der Waals surface area contributed by atoms with Crippen LogP contribution in [0, 0.1) is 23.1 Å². The first kappa shape index (κ1) is 16.3. The van der Waals surface area contributed by atoms with Gasteiger partial charge >= 0.3 is 0 Å². The molecule has 0 aliphatic heterocycles. The van der Waals surface area contributed by atoms with Gasteiger partial charge < -0.3 is 0 Å². The van der Waals surface area contributed by atoms with Gasteiger partial charge in [-0.15, -0.1) is 0 Å². The van der Waals surface area contributed by atoms with Crippen molar-refractivity contribution in [3.05, 3.63) is 34.6 Å². The van der Waals surface area contributed by atoms with E-state index in [4.69, 9.17) is 11.6 Å². The lowest BCUT2D eigenvalue weighted by Gasteiger charge is -2.42. The molecule has 1 aliphatic rings. The van der Waals surface area contributed by atoms with Gasteiger partial charge in [0, 0.05) is 4.83 Å². The van der Waals surface area contributed by atoms with Gasteiger partial charge in [-0.1, -0.05) is 60.8 Å². The van der Waals surface area contributed by atoms with Crippen LogP contribution in [0.15, 0.2) is 18.2 Å². The molecule has 2 rings (SSSR count). The van der Waals surface area contributed by atoms with Crippen LogP contribution in [0.5, 0.6) is 0 Å². The molecule has 0 radical (unpaired) electrons. The van der Waals surface area contributed by atoms with E-state index in [1.807, 2.05) is 6.07 Å². The van der Waals surface area contributed by atoms with Gasteiger partial charge in [0.1, 0.15) is 5.82 Å². The van der Waals surface area contributed by atoms with Crippen LogP contribution in [0.4, 0.5) is 4.39 Å². The summed E-state index contributed by atoms with van der Waals surface area (Å²) < 4.78 is 13.3. The minimum absolute atomic E-state index is 0.190. The van der Waals surface area contributed by atoms with Gasteiger partial charge in [0.15, 0.2) is 0 Å². The predicted octanol–water partition coefficient (Wildman–Crippen LogP) is 6.25. The molecular formula is C17H23BrClF. The van der Waals surface area contributed by atoms with Crippen LogP contribution in [-0.2, 0) is 6.42 Å². The summed E-state index contributed by atoms with van der Waals surface area (Å²) in [5.74, 6) is 1.13. The maximum atomic E-state index is 13.3. The van der Waals surface area contributed by atoms with Crippen molar-refractivity contribution in [3.8, 4) is 0 Å². The Kier molecular flexibility index (Phi) is 5.18. The summed E-state index contributed by atoms with van der Waals surface area (Å²) in [5.41, 5.74) is 1.31. The predicted molar refractivity (Wildman–Crippen MR) is 88.1 cm³/mol. The summed E-state index contributed by atoms with van der Waals surface area (Å²) in [4.78, 5) is 0.581. The van der Waals surface area contributed by atoms with E-state index < -0.39 is 0 Å². The van der Waals surface area contributed by atoms with Crippen molar-refractivity contribution in [1.82, 2.24) is 0 Å². The zero-order chi connectivity index (χ0) is 14.9. The van der Waals surface area contributed by atoms with Crippen molar-refractivity contribution in [2.45, 2.75) is 51.3 Å². The Morgan fingerprint density at radius 1 is 1.35 bits per heavy atom. The second-order valence-electron chi connectivity index (χ2n) is 6.95.